The van der Waals surface area contributed by atoms with Crippen LogP contribution in [0.2, 0.25) is 0 Å². The molecule has 0 saturated heterocycles. The lowest BCUT2D eigenvalue weighted by Gasteiger charge is -2.17. The van der Waals surface area contributed by atoms with Crippen molar-refractivity contribution in [3.63, 3.8) is 0 Å². The van der Waals surface area contributed by atoms with Crippen LogP contribution in [0.4, 0.5) is 0 Å². The van der Waals surface area contributed by atoms with Gasteiger partial charge in [-0.3, -0.25) is 0 Å². The molecule has 0 amide bonds. The van der Waals surface area contributed by atoms with Crippen LogP contribution in [0, 0.1) is 0 Å². The van der Waals surface area contributed by atoms with Crippen molar-refractivity contribution in [1.29, 1.82) is 0 Å². The summed E-state index contributed by atoms with van der Waals surface area (Å²) in [6.45, 7) is 0. The first kappa shape index (κ1) is 32.7. The fraction of sp³-hybridized carbons (Fsp3) is 0. The summed E-state index contributed by atoms with van der Waals surface area (Å²) in [5.41, 5.74) is 10.7. The second-order valence-corrected chi connectivity index (χ2v) is 14.4. The van der Waals surface area contributed by atoms with Crippen LogP contribution < -0.4 is 0 Å². The van der Waals surface area contributed by atoms with Crippen molar-refractivity contribution in [1.82, 2.24) is 19.5 Å². The molecular formula is C53H34N4. The molecule has 0 atom stereocenters. The average Bonchev–Trinajstić information content (AvgIpc) is 3.63. The van der Waals surface area contributed by atoms with Gasteiger partial charge in [0.15, 0.2) is 17.5 Å². The van der Waals surface area contributed by atoms with Crippen LogP contribution in [-0.4, -0.2) is 19.5 Å². The van der Waals surface area contributed by atoms with Crippen molar-refractivity contribution in [3.05, 3.63) is 206 Å². The largest absolute Gasteiger partial charge is 0.309 e. The third-order valence-corrected chi connectivity index (χ3v) is 11.0. The molecule has 0 spiro atoms. The summed E-state index contributed by atoms with van der Waals surface area (Å²) >= 11 is 0. The molecule has 0 aliphatic rings. The normalized spacial score (nSPS) is 11.5. The predicted octanol–water partition coefficient (Wildman–Crippen LogP) is 13.6. The molecule has 0 aliphatic carbocycles. The van der Waals surface area contributed by atoms with Crippen LogP contribution in [0.5, 0.6) is 0 Å². The lowest BCUT2D eigenvalue weighted by molar-refractivity contribution is 1.07. The Bertz CT molecular complexity index is 3250. The van der Waals surface area contributed by atoms with Gasteiger partial charge in [-0.25, -0.2) is 15.0 Å². The molecule has 4 nitrogen and oxygen atoms in total. The maximum atomic E-state index is 5.28. The molecule has 0 aliphatic heterocycles. The number of rotatable bonds is 6. The number of nitrogens with zero attached hydrogens (tertiary/aromatic N) is 4. The first-order valence-corrected chi connectivity index (χ1v) is 19.3. The van der Waals surface area contributed by atoms with Crippen molar-refractivity contribution in [3.8, 4) is 62.1 Å². The van der Waals surface area contributed by atoms with Crippen LogP contribution in [-0.2, 0) is 0 Å². The number of hydrogen-bond acceptors (Lipinski definition) is 3. The Kier molecular flexibility index (Phi) is 7.78. The van der Waals surface area contributed by atoms with E-state index in [1.54, 1.807) is 0 Å². The SMILES string of the molecule is c1ccc(-c2cccc(-c3ccc(-c4nc(-c5ccc6ccccc6c5)nc(-c5cccc6ccccc56)n4)cc3-n3c4ccccc4c4ccccc43)c2)cc1. The molecule has 0 N–H and O–H groups in total. The molecule has 4 heteroatoms. The van der Waals surface area contributed by atoms with Crippen LogP contribution in [0.1, 0.15) is 0 Å². The highest BCUT2D eigenvalue weighted by Gasteiger charge is 2.20. The molecule has 2 heterocycles. The minimum absolute atomic E-state index is 0.614. The van der Waals surface area contributed by atoms with E-state index < -0.39 is 0 Å². The second-order valence-electron chi connectivity index (χ2n) is 14.4. The third-order valence-electron chi connectivity index (χ3n) is 11.0. The number of hydrogen-bond donors (Lipinski definition) is 0. The smallest absolute Gasteiger partial charge is 0.164 e. The first-order chi connectivity index (χ1) is 28.2. The van der Waals surface area contributed by atoms with Gasteiger partial charge in [-0.05, 0) is 68.6 Å². The standard InChI is InChI=1S/C53H34N4/c1-2-14-35(15-3-1)39-20-12-21-40(32-39)44-31-30-42(34-50(44)57-48-26-10-8-23-45(48)46-24-9-11-27-49(46)57)52-54-51(41-29-28-36-16-4-5-18-38(36)33-41)55-53(56-52)47-25-13-19-37-17-6-7-22-43(37)47/h1-34H. The fourth-order valence-corrected chi connectivity index (χ4v) is 8.28. The molecular weight excluding hydrogens is 693 g/mol. The fourth-order valence-electron chi connectivity index (χ4n) is 8.28. The van der Waals surface area contributed by atoms with Gasteiger partial charge in [0.05, 0.1) is 16.7 Å². The number of aromatic nitrogens is 4. The van der Waals surface area contributed by atoms with E-state index in [0.29, 0.717) is 17.5 Å². The van der Waals surface area contributed by atoms with Gasteiger partial charge in [0.25, 0.3) is 0 Å². The Balaban J connectivity index is 1.18. The van der Waals surface area contributed by atoms with Crippen molar-refractivity contribution >= 4 is 43.4 Å². The number of para-hydroxylation sites is 2. The summed E-state index contributed by atoms with van der Waals surface area (Å²) in [4.78, 5) is 15.7. The van der Waals surface area contributed by atoms with E-state index in [9.17, 15) is 0 Å². The van der Waals surface area contributed by atoms with E-state index in [1.807, 2.05) is 0 Å². The molecule has 0 unspecified atom stereocenters. The Morgan fingerprint density at radius 3 is 1.60 bits per heavy atom. The van der Waals surface area contributed by atoms with Gasteiger partial charge < -0.3 is 4.57 Å². The van der Waals surface area contributed by atoms with Crippen molar-refractivity contribution in [2.75, 3.05) is 0 Å². The van der Waals surface area contributed by atoms with Crippen molar-refractivity contribution in [2.45, 2.75) is 0 Å². The molecule has 9 aromatic carbocycles. The Labute approximate surface area is 330 Å². The highest BCUT2D eigenvalue weighted by molar-refractivity contribution is 6.10. The zero-order valence-electron chi connectivity index (χ0n) is 30.9. The minimum Gasteiger partial charge on any atom is -0.309 e. The summed E-state index contributed by atoms with van der Waals surface area (Å²) in [5.74, 6) is 1.88. The van der Waals surface area contributed by atoms with E-state index in [1.165, 1.54) is 27.3 Å². The van der Waals surface area contributed by atoms with Crippen LogP contribution in [0.3, 0.4) is 0 Å². The Morgan fingerprint density at radius 1 is 0.281 bits per heavy atom. The van der Waals surface area contributed by atoms with Gasteiger partial charge in [-0.15, -0.1) is 0 Å². The van der Waals surface area contributed by atoms with Gasteiger partial charge in [-0.2, -0.15) is 0 Å². The molecule has 266 valence electrons. The molecule has 2 aromatic heterocycles. The number of benzene rings is 9. The molecule has 0 saturated carbocycles. The quantitative estimate of drug-likeness (QED) is 0.171. The lowest BCUT2D eigenvalue weighted by Crippen LogP contribution is -2.02. The van der Waals surface area contributed by atoms with Crippen LogP contribution in [0.25, 0.3) is 105 Å². The maximum Gasteiger partial charge on any atom is 0.164 e. The van der Waals surface area contributed by atoms with Gasteiger partial charge in [0.2, 0.25) is 0 Å². The average molecular weight is 727 g/mol. The molecule has 11 aromatic rings. The summed E-state index contributed by atoms with van der Waals surface area (Å²) in [6.07, 6.45) is 0. The summed E-state index contributed by atoms with van der Waals surface area (Å²) in [5, 5.41) is 6.96. The first-order valence-electron chi connectivity index (χ1n) is 19.3. The molecule has 11 rings (SSSR count). The Hall–Kier alpha value is -7.69. The third kappa shape index (κ3) is 5.74. The molecule has 0 fully saturated rings. The van der Waals surface area contributed by atoms with E-state index in [4.69, 9.17) is 15.0 Å². The van der Waals surface area contributed by atoms with Crippen molar-refractivity contribution < 1.29 is 0 Å². The van der Waals surface area contributed by atoms with E-state index >= 15 is 0 Å². The van der Waals surface area contributed by atoms with Gasteiger partial charge >= 0.3 is 0 Å². The van der Waals surface area contributed by atoms with Gasteiger partial charge in [-0.1, -0.05) is 176 Å². The van der Waals surface area contributed by atoms with E-state index in [-0.39, 0.29) is 0 Å². The highest BCUT2D eigenvalue weighted by Crippen LogP contribution is 2.39. The number of fused-ring (bicyclic) bond motifs is 5. The molecule has 0 bridgehead atoms. The monoisotopic (exact) mass is 726 g/mol. The maximum absolute atomic E-state index is 5.28. The molecule has 57 heavy (non-hydrogen) atoms. The topological polar surface area (TPSA) is 43.6 Å². The van der Waals surface area contributed by atoms with Crippen LogP contribution >= 0.6 is 0 Å². The van der Waals surface area contributed by atoms with Gasteiger partial charge in [0, 0.05) is 33.0 Å². The van der Waals surface area contributed by atoms with E-state index in [2.05, 4.69) is 211 Å². The predicted molar refractivity (Wildman–Crippen MR) is 236 cm³/mol. The zero-order chi connectivity index (χ0) is 37.7. The minimum atomic E-state index is 0.614. The molecule has 0 radical (unpaired) electrons. The summed E-state index contributed by atoms with van der Waals surface area (Å²) < 4.78 is 2.40. The zero-order valence-corrected chi connectivity index (χ0v) is 30.9. The van der Waals surface area contributed by atoms with E-state index in [0.717, 1.165) is 60.7 Å². The highest BCUT2D eigenvalue weighted by atomic mass is 15.0. The summed E-state index contributed by atoms with van der Waals surface area (Å²) in [6, 6.07) is 73.0. The van der Waals surface area contributed by atoms with Crippen molar-refractivity contribution in [2.24, 2.45) is 0 Å². The Morgan fingerprint density at radius 2 is 0.825 bits per heavy atom. The second kappa shape index (κ2) is 13.6. The van der Waals surface area contributed by atoms with Crippen LogP contribution in [0.15, 0.2) is 206 Å². The summed E-state index contributed by atoms with van der Waals surface area (Å²) in [7, 11) is 0. The van der Waals surface area contributed by atoms with Gasteiger partial charge in [0.1, 0.15) is 0 Å². The lowest BCUT2D eigenvalue weighted by atomic mass is 9.96.